The normalized spacial score (nSPS) is 19.3. The third-order valence-corrected chi connectivity index (χ3v) is 2.66. The van der Waals surface area contributed by atoms with Crippen molar-refractivity contribution in [3.05, 3.63) is 35.4 Å². The molecule has 0 bridgehead atoms. The van der Waals surface area contributed by atoms with Crippen LogP contribution in [0.2, 0.25) is 0 Å². The van der Waals surface area contributed by atoms with E-state index in [-0.39, 0.29) is 12.5 Å². The van der Waals surface area contributed by atoms with Crippen LogP contribution in [0, 0.1) is 0 Å². The molecular formula is C11H14N2O. The molecule has 0 radical (unpaired) electrons. The first-order valence-electron chi connectivity index (χ1n) is 4.87. The molecule has 0 fully saturated rings. The average Bonchev–Trinajstić information content (AvgIpc) is 2.58. The van der Waals surface area contributed by atoms with Crippen molar-refractivity contribution in [1.82, 2.24) is 5.32 Å². The van der Waals surface area contributed by atoms with Crippen LogP contribution in [-0.4, -0.2) is 12.5 Å². The standard InChI is InChI=1S/C11H14N2O/c12-11(14)7-13-10-6-5-8-3-1-2-4-9(8)10/h1-4,10,13H,5-7H2,(H2,12,14). The van der Waals surface area contributed by atoms with Crippen molar-refractivity contribution in [2.24, 2.45) is 5.73 Å². The first kappa shape index (κ1) is 9.21. The van der Waals surface area contributed by atoms with Crippen LogP contribution in [0.15, 0.2) is 24.3 Å². The smallest absolute Gasteiger partial charge is 0.231 e. The van der Waals surface area contributed by atoms with Crippen LogP contribution in [0.25, 0.3) is 0 Å². The second kappa shape index (κ2) is 3.80. The molecule has 3 nitrogen and oxygen atoms in total. The number of fused-ring (bicyclic) bond motifs is 1. The summed E-state index contributed by atoms with van der Waals surface area (Å²) >= 11 is 0. The molecule has 1 amide bonds. The van der Waals surface area contributed by atoms with Crippen LogP contribution in [0.1, 0.15) is 23.6 Å². The molecule has 0 aliphatic heterocycles. The molecule has 74 valence electrons. The molecule has 0 saturated heterocycles. The number of aryl methyl sites for hydroxylation is 1. The lowest BCUT2D eigenvalue weighted by Crippen LogP contribution is -2.30. The van der Waals surface area contributed by atoms with Crippen LogP contribution in [-0.2, 0) is 11.2 Å². The van der Waals surface area contributed by atoms with Gasteiger partial charge in [-0.2, -0.15) is 0 Å². The molecular weight excluding hydrogens is 176 g/mol. The number of carbonyl (C=O) groups is 1. The van der Waals surface area contributed by atoms with E-state index in [0.717, 1.165) is 12.8 Å². The number of benzene rings is 1. The molecule has 1 aliphatic rings. The number of carbonyl (C=O) groups excluding carboxylic acids is 1. The van der Waals surface area contributed by atoms with Gasteiger partial charge in [0.05, 0.1) is 6.54 Å². The van der Waals surface area contributed by atoms with E-state index in [1.807, 2.05) is 6.07 Å². The summed E-state index contributed by atoms with van der Waals surface area (Å²) in [6.45, 7) is 0.263. The highest BCUT2D eigenvalue weighted by atomic mass is 16.1. The molecule has 14 heavy (non-hydrogen) atoms. The van der Waals surface area contributed by atoms with E-state index in [9.17, 15) is 4.79 Å². The van der Waals surface area contributed by atoms with Gasteiger partial charge in [0.1, 0.15) is 0 Å². The van der Waals surface area contributed by atoms with Gasteiger partial charge in [-0.15, -0.1) is 0 Å². The number of hydrogen-bond donors (Lipinski definition) is 2. The fraction of sp³-hybridized carbons (Fsp3) is 0.364. The van der Waals surface area contributed by atoms with E-state index in [2.05, 4.69) is 23.5 Å². The summed E-state index contributed by atoms with van der Waals surface area (Å²) in [6.07, 6.45) is 2.15. The second-order valence-electron chi connectivity index (χ2n) is 3.64. The average molecular weight is 190 g/mol. The maximum absolute atomic E-state index is 10.6. The van der Waals surface area contributed by atoms with Crippen LogP contribution >= 0.6 is 0 Å². The van der Waals surface area contributed by atoms with Gasteiger partial charge in [0.15, 0.2) is 0 Å². The molecule has 2 rings (SSSR count). The summed E-state index contributed by atoms with van der Waals surface area (Å²) in [5.41, 5.74) is 7.79. The molecule has 1 unspecified atom stereocenters. The van der Waals surface area contributed by atoms with E-state index >= 15 is 0 Å². The minimum atomic E-state index is -0.297. The van der Waals surface area contributed by atoms with Crippen molar-refractivity contribution in [3.63, 3.8) is 0 Å². The Kier molecular flexibility index (Phi) is 2.50. The monoisotopic (exact) mass is 190 g/mol. The Labute approximate surface area is 83.3 Å². The second-order valence-corrected chi connectivity index (χ2v) is 3.64. The van der Waals surface area contributed by atoms with Crippen molar-refractivity contribution in [2.75, 3.05) is 6.54 Å². The first-order chi connectivity index (χ1) is 6.77. The van der Waals surface area contributed by atoms with Gasteiger partial charge < -0.3 is 11.1 Å². The molecule has 1 atom stereocenters. The number of amides is 1. The Morgan fingerprint density at radius 3 is 3.07 bits per heavy atom. The molecule has 3 heteroatoms. The largest absolute Gasteiger partial charge is 0.369 e. The summed E-state index contributed by atoms with van der Waals surface area (Å²) in [7, 11) is 0. The molecule has 0 saturated carbocycles. The number of nitrogens with one attached hydrogen (secondary N) is 1. The highest BCUT2D eigenvalue weighted by molar-refractivity contribution is 5.75. The van der Waals surface area contributed by atoms with Crippen molar-refractivity contribution < 1.29 is 4.79 Å². The van der Waals surface area contributed by atoms with Gasteiger partial charge in [-0.05, 0) is 24.0 Å². The van der Waals surface area contributed by atoms with Crippen LogP contribution < -0.4 is 11.1 Å². The van der Waals surface area contributed by atoms with Gasteiger partial charge in [0.25, 0.3) is 0 Å². The summed E-state index contributed by atoms with van der Waals surface area (Å²) in [6, 6.07) is 8.64. The molecule has 0 aromatic heterocycles. The van der Waals surface area contributed by atoms with Gasteiger partial charge in [-0.3, -0.25) is 4.79 Å². The van der Waals surface area contributed by atoms with Crippen LogP contribution in [0.3, 0.4) is 0 Å². The fourth-order valence-electron chi connectivity index (χ4n) is 1.99. The Hall–Kier alpha value is -1.35. The predicted molar refractivity (Wildman–Crippen MR) is 54.7 cm³/mol. The minimum Gasteiger partial charge on any atom is -0.369 e. The Morgan fingerprint density at radius 2 is 2.29 bits per heavy atom. The highest BCUT2D eigenvalue weighted by Gasteiger charge is 2.21. The third-order valence-electron chi connectivity index (χ3n) is 2.66. The summed E-state index contributed by atoms with van der Waals surface area (Å²) in [5.74, 6) is -0.297. The van der Waals surface area contributed by atoms with Crippen molar-refractivity contribution in [3.8, 4) is 0 Å². The van der Waals surface area contributed by atoms with Gasteiger partial charge in [0, 0.05) is 6.04 Å². The summed E-state index contributed by atoms with van der Waals surface area (Å²) in [4.78, 5) is 10.6. The Balaban J connectivity index is 2.07. The maximum Gasteiger partial charge on any atom is 0.231 e. The lowest BCUT2D eigenvalue weighted by Gasteiger charge is -2.11. The van der Waals surface area contributed by atoms with Crippen molar-refractivity contribution in [1.29, 1.82) is 0 Å². The van der Waals surface area contributed by atoms with E-state index in [1.165, 1.54) is 11.1 Å². The maximum atomic E-state index is 10.6. The topological polar surface area (TPSA) is 55.1 Å². The third kappa shape index (κ3) is 1.77. The van der Waals surface area contributed by atoms with E-state index in [1.54, 1.807) is 0 Å². The van der Waals surface area contributed by atoms with E-state index < -0.39 is 0 Å². The van der Waals surface area contributed by atoms with E-state index in [4.69, 9.17) is 5.73 Å². The van der Waals surface area contributed by atoms with Crippen LogP contribution in [0.5, 0.6) is 0 Å². The number of rotatable bonds is 3. The molecule has 1 aliphatic carbocycles. The molecule has 0 spiro atoms. The molecule has 0 heterocycles. The zero-order valence-electron chi connectivity index (χ0n) is 7.99. The van der Waals surface area contributed by atoms with Gasteiger partial charge in [0.2, 0.25) is 5.91 Å². The molecule has 1 aromatic rings. The number of nitrogens with two attached hydrogens (primary N) is 1. The fourth-order valence-corrected chi connectivity index (χ4v) is 1.99. The van der Waals surface area contributed by atoms with Gasteiger partial charge in [-0.25, -0.2) is 0 Å². The highest BCUT2D eigenvalue weighted by Crippen LogP contribution is 2.30. The van der Waals surface area contributed by atoms with E-state index in [0.29, 0.717) is 6.04 Å². The van der Waals surface area contributed by atoms with Crippen LogP contribution in [0.4, 0.5) is 0 Å². The summed E-state index contributed by atoms with van der Waals surface area (Å²) in [5, 5.41) is 3.16. The molecule has 1 aromatic carbocycles. The van der Waals surface area contributed by atoms with Crippen molar-refractivity contribution in [2.45, 2.75) is 18.9 Å². The van der Waals surface area contributed by atoms with Crippen molar-refractivity contribution >= 4 is 5.91 Å². The number of primary amides is 1. The lowest BCUT2D eigenvalue weighted by molar-refractivity contribution is -0.117. The lowest BCUT2D eigenvalue weighted by atomic mass is 10.1. The van der Waals surface area contributed by atoms with Gasteiger partial charge >= 0.3 is 0 Å². The Bertz CT molecular complexity index is 349. The summed E-state index contributed by atoms with van der Waals surface area (Å²) < 4.78 is 0. The zero-order chi connectivity index (χ0) is 9.97. The van der Waals surface area contributed by atoms with Gasteiger partial charge in [-0.1, -0.05) is 24.3 Å². The SMILES string of the molecule is NC(=O)CNC1CCc2ccccc21. The Morgan fingerprint density at radius 1 is 1.50 bits per heavy atom. The number of hydrogen-bond acceptors (Lipinski definition) is 2. The molecule has 3 N–H and O–H groups in total. The predicted octanol–water partition coefficient (Wildman–Crippen LogP) is 0.749. The quantitative estimate of drug-likeness (QED) is 0.739. The minimum absolute atomic E-state index is 0.263. The zero-order valence-corrected chi connectivity index (χ0v) is 7.99. The first-order valence-corrected chi connectivity index (χ1v) is 4.87.